The number of unbranched alkanes of at least 4 members (excludes halogenated alkanes) is 9. The molecule has 0 spiro atoms. The fraction of sp³-hybridized carbons (Fsp3) is 0.857. The molecule has 1 aliphatic heterocycles. The Morgan fingerprint density at radius 1 is 0.730 bits per heavy atom. The van der Waals surface area contributed by atoms with Gasteiger partial charge in [-0.15, -0.1) is 0 Å². The van der Waals surface area contributed by atoms with Crippen molar-refractivity contribution in [3.05, 3.63) is 0 Å². The van der Waals surface area contributed by atoms with Gasteiger partial charge in [0.1, 0.15) is 12.1 Å². The Hall–Kier alpha value is -2.16. The Morgan fingerprint density at radius 2 is 1.32 bits per heavy atom. The van der Waals surface area contributed by atoms with Crippen molar-refractivity contribution in [2.24, 2.45) is 11.7 Å². The van der Waals surface area contributed by atoms with Crippen LogP contribution in [0, 0.1) is 5.92 Å². The molecule has 1 heterocycles. The van der Waals surface area contributed by atoms with E-state index < -0.39 is 18.0 Å². The van der Waals surface area contributed by atoms with Crippen LogP contribution >= 0.6 is 0 Å². The van der Waals surface area contributed by atoms with Crippen molar-refractivity contribution in [2.45, 2.75) is 135 Å². The molecule has 214 valence electrons. The van der Waals surface area contributed by atoms with Crippen molar-refractivity contribution in [3.63, 3.8) is 0 Å². The maximum absolute atomic E-state index is 13.2. The van der Waals surface area contributed by atoms with Crippen LogP contribution in [0.3, 0.4) is 0 Å². The second kappa shape index (κ2) is 19.9. The lowest BCUT2D eigenvalue weighted by atomic mass is 9.99. The molecule has 2 unspecified atom stereocenters. The molecule has 9 heteroatoms. The zero-order chi connectivity index (χ0) is 27.5. The van der Waals surface area contributed by atoms with Crippen LogP contribution in [-0.2, 0) is 19.2 Å². The second-order valence-electron chi connectivity index (χ2n) is 10.9. The molecule has 0 aromatic heterocycles. The predicted molar refractivity (Wildman–Crippen MR) is 148 cm³/mol. The summed E-state index contributed by atoms with van der Waals surface area (Å²) in [6, 6.07) is -1.85. The van der Waals surface area contributed by atoms with Gasteiger partial charge in [0.25, 0.3) is 0 Å². The van der Waals surface area contributed by atoms with E-state index in [0.717, 1.165) is 25.7 Å². The van der Waals surface area contributed by atoms with Gasteiger partial charge in [-0.05, 0) is 44.6 Å². The van der Waals surface area contributed by atoms with Crippen LogP contribution in [0.1, 0.15) is 117 Å². The van der Waals surface area contributed by atoms with Crippen LogP contribution in [0.2, 0.25) is 0 Å². The molecular formula is C28H53N5O4. The topological polar surface area (TPSA) is 142 Å². The fourth-order valence-corrected chi connectivity index (χ4v) is 4.69. The van der Waals surface area contributed by atoms with Gasteiger partial charge in [0.05, 0.1) is 6.54 Å². The molecule has 0 saturated carbocycles. The van der Waals surface area contributed by atoms with Crippen molar-refractivity contribution >= 4 is 23.6 Å². The predicted octanol–water partition coefficient (Wildman–Crippen LogP) is 3.06. The highest BCUT2D eigenvalue weighted by molar-refractivity contribution is 5.93. The molecule has 1 aliphatic rings. The molecule has 0 aromatic carbocycles. The molecule has 6 N–H and O–H groups in total. The molecule has 0 aromatic rings. The van der Waals surface area contributed by atoms with Gasteiger partial charge in [-0.3, -0.25) is 19.2 Å². The first-order valence-corrected chi connectivity index (χ1v) is 14.6. The van der Waals surface area contributed by atoms with E-state index in [9.17, 15) is 19.2 Å². The highest BCUT2D eigenvalue weighted by atomic mass is 16.2. The van der Waals surface area contributed by atoms with Gasteiger partial charge in [-0.2, -0.15) is 0 Å². The SMILES string of the molecule is CCCCCCCCCCCC1CC(=O)NCC(=O)N[C@@H](CCCCN)C(=O)NC(CC(C)C)C(=O)N1. The molecule has 9 nitrogen and oxygen atoms in total. The first kappa shape index (κ1) is 32.9. The number of amides is 4. The fourth-order valence-electron chi connectivity index (χ4n) is 4.69. The molecular weight excluding hydrogens is 470 g/mol. The molecule has 0 bridgehead atoms. The summed E-state index contributed by atoms with van der Waals surface area (Å²) >= 11 is 0. The van der Waals surface area contributed by atoms with Crippen molar-refractivity contribution in [1.29, 1.82) is 0 Å². The van der Waals surface area contributed by atoms with E-state index in [1.165, 1.54) is 38.5 Å². The summed E-state index contributed by atoms with van der Waals surface area (Å²) in [6.07, 6.45) is 13.8. The van der Waals surface area contributed by atoms with Gasteiger partial charge in [0, 0.05) is 12.5 Å². The highest BCUT2D eigenvalue weighted by Crippen LogP contribution is 2.14. The summed E-state index contributed by atoms with van der Waals surface area (Å²) in [5.41, 5.74) is 5.58. The minimum absolute atomic E-state index is 0.109. The Labute approximate surface area is 224 Å². The smallest absolute Gasteiger partial charge is 0.243 e. The lowest BCUT2D eigenvalue weighted by Crippen LogP contribution is -2.55. The van der Waals surface area contributed by atoms with Crippen molar-refractivity contribution in [1.82, 2.24) is 21.3 Å². The van der Waals surface area contributed by atoms with Gasteiger partial charge in [0.2, 0.25) is 23.6 Å². The first-order chi connectivity index (χ1) is 17.8. The number of hydrogen-bond donors (Lipinski definition) is 5. The van der Waals surface area contributed by atoms with Crippen molar-refractivity contribution in [2.75, 3.05) is 13.1 Å². The minimum atomic E-state index is -0.781. The van der Waals surface area contributed by atoms with E-state index in [4.69, 9.17) is 5.73 Å². The first-order valence-electron chi connectivity index (χ1n) is 14.6. The zero-order valence-corrected chi connectivity index (χ0v) is 23.5. The number of hydrogen-bond acceptors (Lipinski definition) is 5. The third-order valence-corrected chi connectivity index (χ3v) is 6.82. The average molecular weight is 524 g/mol. The molecule has 0 aliphatic carbocycles. The third-order valence-electron chi connectivity index (χ3n) is 6.82. The Morgan fingerprint density at radius 3 is 1.95 bits per heavy atom. The van der Waals surface area contributed by atoms with Crippen LogP contribution < -0.4 is 27.0 Å². The quantitative estimate of drug-likeness (QED) is 0.198. The van der Waals surface area contributed by atoms with Gasteiger partial charge in [-0.25, -0.2) is 0 Å². The number of nitrogens with two attached hydrogens (primary N) is 1. The molecule has 4 amide bonds. The maximum Gasteiger partial charge on any atom is 0.243 e. The zero-order valence-electron chi connectivity index (χ0n) is 23.5. The number of carbonyl (C=O) groups is 4. The molecule has 37 heavy (non-hydrogen) atoms. The summed E-state index contributed by atoms with van der Waals surface area (Å²) in [7, 11) is 0. The summed E-state index contributed by atoms with van der Waals surface area (Å²) in [6.45, 7) is 6.51. The van der Waals surface area contributed by atoms with E-state index in [1.807, 2.05) is 13.8 Å². The van der Waals surface area contributed by atoms with Crippen LogP contribution in [-0.4, -0.2) is 54.8 Å². The Kier molecular flexibility index (Phi) is 17.7. The normalized spacial score (nSPS) is 21.8. The van der Waals surface area contributed by atoms with Crippen LogP contribution in [0.5, 0.6) is 0 Å². The number of nitrogens with one attached hydrogen (secondary N) is 4. The Bertz CT molecular complexity index is 685. The molecule has 1 rings (SSSR count). The van der Waals surface area contributed by atoms with Gasteiger partial charge in [-0.1, -0.05) is 78.6 Å². The molecule has 3 atom stereocenters. The van der Waals surface area contributed by atoms with E-state index in [-0.39, 0.29) is 42.6 Å². The van der Waals surface area contributed by atoms with E-state index >= 15 is 0 Å². The van der Waals surface area contributed by atoms with Crippen molar-refractivity contribution < 1.29 is 19.2 Å². The van der Waals surface area contributed by atoms with Gasteiger partial charge >= 0.3 is 0 Å². The number of carbonyl (C=O) groups excluding carboxylic acids is 4. The largest absolute Gasteiger partial charge is 0.351 e. The lowest BCUT2D eigenvalue weighted by molar-refractivity contribution is -0.132. The average Bonchev–Trinajstić information content (AvgIpc) is 2.85. The second-order valence-corrected chi connectivity index (χ2v) is 10.9. The highest BCUT2D eigenvalue weighted by Gasteiger charge is 2.29. The summed E-state index contributed by atoms with van der Waals surface area (Å²) in [4.78, 5) is 51.4. The van der Waals surface area contributed by atoms with Gasteiger partial charge < -0.3 is 27.0 Å². The van der Waals surface area contributed by atoms with E-state index in [0.29, 0.717) is 32.2 Å². The standard InChI is InChI=1S/C28H53N5O4/c1-4-5-6-7-8-9-10-11-12-15-22-19-25(34)30-20-26(35)32-23(16-13-14-17-29)27(36)33-24(18-21(2)3)28(37)31-22/h21-24H,4-20,29H2,1-3H3,(H,30,34)(H,31,37)(H,32,35)(H,33,36)/t22?,23-,24?/m0/s1. The minimum Gasteiger partial charge on any atom is -0.351 e. The summed E-state index contributed by atoms with van der Waals surface area (Å²) in [5, 5.41) is 11.3. The number of rotatable bonds is 16. The lowest BCUT2D eigenvalue weighted by Gasteiger charge is -2.26. The maximum atomic E-state index is 13.2. The summed E-state index contributed by atoms with van der Waals surface area (Å²) < 4.78 is 0. The molecule has 0 radical (unpaired) electrons. The Balaban J connectivity index is 2.81. The van der Waals surface area contributed by atoms with E-state index in [1.54, 1.807) is 0 Å². The monoisotopic (exact) mass is 523 g/mol. The third kappa shape index (κ3) is 15.6. The molecule has 1 saturated heterocycles. The summed E-state index contributed by atoms with van der Waals surface area (Å²) in [5.74, 6) is -1.18. The van der Waals surface area contributed by atoms with Crippen LogP contribution in [0.15, 0.2) is 0 Å². The van der Waals surface area contributed by atoms with Crippen molar-refractivity contribution in [3.8, 4) is 0 Å². The van der Waals surface area contributed by atoms with Crippen LogP contribution in [0.25, 0.3) is 0 Å². The van der Waals surface area contributed by atoms with Crippen LogP contribution in [0.4, 0.5) is 0 Å². The van der Waals surface area contributed by atoms with E-state index in [2.05, 4.69) is 28.2 Å². The molecule has 1 fully saturated rings. The van der Waals surface area contributed by atoms with Gasteiger partial charge in [0.15, 0.2) is 0 Å².